The fourth-order valence-corrected chi connectivity index (χ4v) is 2.17. The smallest absolute Gasteiger partial charge is 0.0593 e. The number of nitrogens with two attached hydrogens (primary N) is 1. The van der Waals surface area contributed by atoms with Crippen molar-refractivity contribution in [3.05, 3.63) is 34.9 Å². The first-order chi connectivity index (χ1) is 8.72. The van der Waals surface area contributed by atoms with Crippen LogP contribution in [0.2, 0.25) is 5.02 Å². The van der Waals surface area contributed by atoms with Crippen LogP contribution in [-0.2, 0) is 4.74 Å². The van der Waals surface area contributed by atoms with Crippen molar-refractivity contribution in [2.24, 2.45) is 5.73 Å². The Bertz CT molecular complexity index is 329. The minimum atomic E-state index is 0.229. The molecule has 1 rings (SSSR count). The van der Waals surface area contributed by atoms with Crippen molar-refractivity contribution >= 4 is 11.6 Å². The van der Waals surface area contributed by atoms with Gasteiger partial charge in [-0.15, -0.1) is 0 Å². The molecule has 0 aliphatic carbocycles. The third-order valence-corrected chi connectivity index (χ3v) is 3.30. The zero-order chi connectivity index (χ0) is 13.4. The summed E-state index contributed by atoms with van der Waals surface area (Å²) in [5.74, 6) is 0. The molecule has 18 heavy (non-hydrogen) atoms. The Balaban J connectivity index is 2.69. The molecular formula is C14H23ClN2O. The molecule has 0 bridgehead atoms. The Labute approximate surface area is 115 Å². The highest BCUT2D eigenvalue weighted by molar-refractivity contribution is 6.30. The van der Waals surface area contributed by atoms with Gasteiger partial charge < -0.3 is 10.5 Å². The average Bonchev–Trinajstić information content (AvgIpc) is 2.40. The zero-order valence-electron chi connectivity index (χ0n) is 11.2. The van der Waals surface area contributed by atoms with Gasteiger partial charge in [0, 0.05) is 30.8 Å². The summed E-state index contributed by atoms with van der Waals surface area (Å²) in [6.45, 7) is 8.11. The summed E-state index contributed by atoms with van der Waals surface area (Å²) in [5.41, 5.74) is 7.12. The van der Waals surface area contributed by atoms with Crippen LogP contribution in [0.1, 0.15) is 25.5 Å². The standard InChI is InChI=1S/C14H23ClN2O/c1-3-17(9-10-18-4-2)14(11-16)12-5-7-13(15)8-6-12/h5-8,14H,3-4,9-11,16H2,1-2H3. The highest BCUT2D eigenvalue weighted by Gasteiger charge is 2.17. The molecule has 3 nitrogen and oxygen atoms in total. The largest absolute Gasteiger partial charge is 0.380 e. The van der Waals surface area contributed by atoms with Crippen LogP contribution in [0.5, 0.6) is 0 Å². The van der Waals surface area contributed by atoms with Crippen molar-refractivity contribution < 1.29 is 4.74 Å². The fraction of sp³-hybridized carbons (Fsp3) is 0.571. The molecule has 0 amide bonds. The van der Waals surface area contributed by atoms with Crippen molar-refractivity contribution in [3.8, 4) is 0 Å². The van der Waals surface area contributed by atoms with Crippen molar-refractivity contribution in [2.45, 2.75) is 19.9 Å². The predicted octanol–water partition coefficient (Wildman–Crippen LogP) is 2.70. The molecule has 2 N–H and O–H groups in total. The number of nitrogens with zero attached hydrogens (tertiary/aromatic N) is 1. The third kappa shape index (κ3) is 4.58. The first-order valence-electron chi connectivity index (χ1n) is 6.50. The van der Waals surface area contributed by atoms with Crippen LogP contribution >= 0.6 is 11.6 Å². The van der Waals surface area contributed by atoms with E-state index in [1.165, 1.54) is 5.56 Å². The van der Waals surface area contributed by atoms with Gasteiger partial charge in [0.15, 0.2) is 0 Å². The summed E-state index contributed by atoms with van der Waals surface area (Å²) in [5, 5.41) is 0.756. The first kappa shape index (κ1) is 15.4. The highest BCUT2D eigenvalue weighted by atomic mass is 35.5. The molecule has 0 saturated heterocycles. The molecule has 0 heterocycles. The van der Waals surface area contributed by atoms with E-state index in [4.69, 9.17) is 22.1 Å². The molecule has 4 heteroatoms. The summed E-state index contributed by atoms with van der Waals surface area (Å²) >= 11 is 5.91. The molecule has 0 aliphatic heterocycles. The lowest BCUT2D eigenvalue weighted by Gasteiger charge is -2.30. The molecule has 0 aromatic heterocycles. The van der Waals surface area contributed by atoms with E-state index in [1.807, 2.05) is 31.2 Å². The van der Waals surface area contributed by atoms with E-state index in [-0.39, 0.29) is 6.04 Å². The molecule has 0 saturated carbocycles. The Morgan fingerprint density at radius 2 is 1.94 bits per heavy atom. The van der Waals surface area contributed by atoms with Crippen LogP contribution < -0.4 is 5.73 Å². The number of likely N-dealkylation sites (N-methyl/N-ethyl adjacent to an activating group) is 1. The van der Waals surface area contributed by atoms with Gasteiger partial charge >= 0.3 is 0 Å². The van der Waals surface area contributed by atoms with Crippen molar-refractivity contribution in [2.75, 3.05) is 32.8 Å². The second-order valence-electron chi connectivity index (χ2n) is 4.13. The Morgan fingerprint density at radius 3 is 2.44 bits per heavy atom. The van der Waals surface area contributed by atoms with E-state index < -0.39 is 0 Å². The summed E-state index contributed by atoms with van der Waals surface area (Å²) in [6.07, 6.45) is 0. The van der Waals surface area contributed by atoms with Crippen LogP contribution in [0, 0.1) is 0 Å². The first-order valence-corrected chi connectivity index (χ1v) is 6.88. The van der Waals surface area contributed by atoms with Gasteiger partial charge in [-0.2, -0.15) is 0 Å². The molecule has 0 radical (unpaired) electrons. The number of ether oxygens (including phenoxy) is 1. The monoisotopic (exact) mass is 270 g/mol. The number of hydrogen-bond acceptors (Lipinski definition) is 3. The number of halogens is 1. The quantitative estimate of drug-likeness (QED) is 0.738. The van der Waals surface area contributed by atoms with E-state index in [0.717, 1.165) is 31.3 Å². The SMILES string of the molecule is CCOCCN(CC)C(CN)c1ccc(Cl)cc1. The van der Waals surface area contributed by atoms with Crippen LogP contribution in [0.4, 0.5) is 0 Å². The van der Waals surface area contributed by atoms with Gasteiger partial charge in [0.05, 0.1) is 6.61 Å². The van der Waals surface area contributed by atoms with E-state index >= 15 is 0 Å². The minimum Gasteiger partial charge on any atom is -0.380 e. The van der Waals surface area contributed by atoms with Gasteiger partial charge in [-0.1, -0.05) is 30.7 Å². The van der Waals surface area contributed by atoms with E-state index in [2.05, 4.69) is 11.8 Å². The summed E-state index contributed by atoms with van der Waals surface area (Å²) in [6, 6.07) is 8.14. The van der Waals surface area contributed by atoms with E-state index in [9.17, 15) is 0 Å². The molecule has 1 unspecified atom stereocenters. The zero-order valence-corrected chi connectivity index (χ0v) is 12.0. The lowest BCUT2D eigenvalue weighted by molar-refractivity contribution is 0.0980. The molecule has 0 spiro atoms. The maximum Gasteiger partial charge on any atom is 0.0593 e. The molecule has 1 aromatic carbocycles. The second kappa shape index (κ2) is 8.48. The van der Waals surface area contributed by atoms with Crippen LogP contribution in [0.25, 0.3) is 0 Å². The second-order valence-corrected chi connectivity index (χ2v) is 4.57. The topological polar surface area (TPSA) is 38.5 Å². The lowest BCUT2D eigenvalue weighted by Crippen LogP contribution is -2.36. The van der Waals surface area contributed by atoms with Gasteiger partial charge in [0.2, 0.25) is 0 Å². The van der Waals surface area contributed by atoms with Crippen molar-refractivity contribution in [1.82, 2.24) is 4.90 Å². The van der Waals surface area contributed by atoms with Gasteiger partial charge in [-0.05, 0) is 31.2 Å². The molecule has 0 aliphatic rings. The van der Waals surface area contributed by atoms with E-state index in [1.54, 1.807) is 0 Å². The van der Waals surface area contributed by atoms with Gasteiger partial charge in [0.1, 0.15) is 0 Å². The maximum atomic E-state index is 5.91. The van der Waals surface area contributed by atoms with Gasteiger partial charge in [-0.25, -0.2) is 0 Å². The van der Waals surface area contributed by atoms with Crippen LogP contribution in [0.15, 0.2) is 24.3 Å². The number of rotatable bonds is 8. The summed E-state index contributed by atoms with van der Waals surface area (Å²) in [7, 11) is 0. The highest BCUT2D eigenvalue weighted by Crippen LogP contribution is 2.21. The fourth-order valence-electron chi connectivity index (χ4n) is 2.04. The third-order valence-electron chi connectivity index (χ3n) is 3.05. The molecule has 1 aromatic rings. The number of hydrogen-bond donors (Lipinski definition) is 1. The van der Waals surface area contributed by atoms with Crippen molar-refractivity contribution in [1.29, 1.82) is 0 Å². The molecular weight excluding hydrogens is 248 g/mol. The van der Waals surface area contributed by atoms with Gasteiger partial charge in [0.25, 0.3) is 0 Å². The molecule has 0 fully saturated rings. The normalized spacial score (nSPS) is 12.9. The molecule has 1 atom stereocenters. The Morgan fingerprint density at radius 1 is 1.28 bits per heavy atom. The Kier molecular flexibility index (Phi) is 7.28. The number of benzene rings is 1. The van der Waals surface area contributed by atoms with Crippen LogP contribution in [0.3, 0.4) is 0 Å². The average molecular weight is 271 g/mol. The van der Waals surface area contributed by atoms with Gasteiger partial charge in [-0.3, -0.25) is 4.90 Å². The summed E-state index contributed by atoms with van der Waals surface area (Å²) < 4.78 is 5.41. The van der Waals surface area contributed by atoms with Crippen LogP contribution in [-0.4, -0.2) is 37.7 Å². The Hall–Kier alpha value is -0.610. The maximum absolute atomic E-state index is 5.91. The lowest BCUT2D eigenvalue weighted by atomic mass is 10.1. The van der Waals surface area contributed by atoms with Crippen molar-refractivity contribution in [3.63, 3.8) is 0 Å². The summed E-state index contributed by atoms with van der Waals surface area (Å²) in [4.78, 5) is 2.33. The minimum absolute atomic E-state index is 0.229. The predicted molar refractivity (Wildman–Crippen MR) is 77.0 cm³/mol. The van der Waals surface area contributed by atoms with E-state index in [0.29, 0.717) is 6.54 Å². The molecule has 102 valence electrons.